The quantitative estimate of drug-likeness (QED) is 0.336. The summed E-state index contributed by atoms with van der Waals surface area (Å²) in [6, 6.07) is 0. The molecule has 1 unspecified atom stereocenters. The molecule has 3 heterocycles. The Morgan fingerprint density at radius 1 is 1.39 bits per heavy atom. The summed E-state index contributed by atoms with van der Waals surface area (Å²) >= 11 is 0. The number of aromatic amines is 1. The standard InChI is InChI=1S/C12H17N5O6/c13-12-15-10-7(11(22)16-12)17(3-14-10)6-1-4(19)8(20)9(21)5(2-18)23-6/h3-6,8-9,18-21H,1-2H2,(H3,13,15,16,22)/t4-,5+,6?,8+,9+/m0/s1. The van der Waals surface area contributed by atoms with Crippen LogP contribution in [0.5, 0.6) is 0 Å². The maximum Gasteiger partial charge on any atom is 0.278 e. The molecular formula is C12H17N5O6. The summed E-state index contributed by atoms with van der Waals surface area (Å²) in [6.45, 7) is -0.574. The monoisotopic (exact) mass is 327 g/mol. The van der Waals surface area contributed by atoms with E-state index in [-0.39, 0.29) is 23.5 Å². The molecule has 1 aliphatic rings. The van der Waals surface area contributed by atoms with Crippen LogP contribution >= 0.6 is 0 Å². The largest absolute Gasteiger partial charge is 0.394 e. The number of aliphatic hydroxyl groups excluding tert-OH is 4. The van der Waals surface area contributed by atoms with Crippen LogP contribution in [0.4, 0.5) is 5.95 Å². The second kappa shape index (κ2) is 5.86. The summed E-state index contributed by atoms with van der Waals surface area (Å²) in [5, 5.41) is 39.0. The van der Waals surface area contributed by atoms with Crippen LogP contribution in [0.1, 0.15) is 12.6 Å². The van der Waals surface area contributed by atoms with Crippen LogP contribution in [0, 0.1) is 0 Å². The Balaban J connectivity index is 2.05. The molecule has 11 nitrogen and oxygen atoms in total. The van der Waals surface area contributed by atoms with E-state index in [1.165, 1.54) is 10.9 Å². The fourth-order valence-corrected chi connectivity index (χ4v) is 2.65. The highest BCUT2D eigenvalue weighted by Crippen LogP contribution is 2.28. The first kappa shape index (κ1) is 15.8. The number of nitrogens with zero attached hydrogens (tertiary/aromatic N) is 3. The van der Waals surface area contributed by atoms with Gasteiger partial charge in [0.2, 0.25) is 5.95 Å². The number of hydrogen-bond acceptors (Lipinski definition) is 9. The van der Waals surface area contributed by atoms with Crippen molar-refractivity contribution in [2.45, 2.75) is 37.1 Å². The van der Waals surface area contributed by atoms with Gasteiger partial charge in [-0.05, 0) is 0 Å². The number of anilines is 1. The minimum Gasteiger partial charge on any atom is -0.394 e. The first-order valence-electron chi connectivity index (χ1n) is 6.95. The number of rotatable bonds is 2. The van der Waals surface area contributed by atoms with Gasteiger partial charge in [0.25, 0.3) is 5.56 Å². The molecule has 7 N–H and O–H groups in total. The second-order valence-corrected chi connectivity index (χ2v) is 5.37. The molecule has 23 heavy (non-hydrogen) atoms. The summed E-state index contributed by atoms with van der Waals surface area (Å²) in [4.78, 5) is 22.3. The number of hydrogen-bond donors (Lipinski definition) is 6. The van der Waals surface area contributed by atoms with E-state index in [0.717, 1.165) is 0 Å². The van der Waals surface area contributed by atoms with Gasteiger partial charge < -0.3 is 30.9 Å². The molecular weight excluding hydrogens is 310 g/mol. The average Bonchev–Trinajstić information content (AvgIpc) is 2.89. The summed E-state index contributed by atoms with van der Waals surface area (Å²) in [7, 11) is 0. The first-order valence-corrected chi connectivity index (χ1v) is 6.95. The van der Waals surface area contributed by atoms with Crippen molar-refractivity contribution < 1.29 is 25.2 Å². The lowest BCUT2D eigenvalue weighted by molar-refractivity contribution is -0.130. The third kappa shape index (κ3) is 2.68. The molecule has 0 radical (unpaired) electrons. The maximum atomic E-state index is 12.1. The normalized spacial score (nSPS) is 32.1. The summed E-state index contributed by atoms with van der Waals surface area (Å²) < 4.78 is 6.86. The third-order valence-electron chi connectivity index (χ3n) is 3.85. The zero-order valence-electron chi connectivity index (χ0n) is 11.9. The maximum absolute atomic E-state index is 12.1. The van der Waals surface area contributed by atoms with Gasteiger partial charge in [0.1, 0.15) is 24.5 Å². The van der Waals surface area contributed by atoms with Crippen molar-refractivity contribution in [2.75, 3.05) is 12.3 Å². The van der Waals surface area contributed by atoms with Crippen molar-refractivity contribution in [3.63, 3.8) is 0 Å². The SMILES string of the molecule is Nc1nc2ncn(C3C[C@H](O)[C@@H](O)[C@H](O)[C@@H](CO)O3)c2c(=O)[nH]1. The van der Waals surface area contributed by atoms with Crippen molar-refractivity contribution in [1.29, 1.82) is 0 Å². The second-order valence-electron chi connectivity index (χ2n) is 5.37. The lowest BCUT2D eigenvalue weighted by Crippen LogP contribution is -2.44. The van der Waals surface area contributed by atoms with Gasteiger partial charge in [0, 0.05) is 6.42 Å². The van der Waals surface area contributed by atoms with Gasteiger partial charge in [-0.25, -0.2) is 4.98 Å². The van der Waals surface area contributed by atoms with E-state index in [9.17, 15) is 25.2 Å². The smallest absolute Gasteiger partial charge is 0.278 e. The van der Waals surface area contributed by atoms with Gasteiger partial charge in [-0.3, -0.25) is 14.3 Å². The van der Waals surface area contributed by atoms with Gasteiger partial charge >= 0.3 is 0 Å². The van der Waals surface area contributed by atoms with Crippen molar-refractivity contribution in [3.8, 4) is 0 Å². The number of fused-ring (bicyclic) bond motifs is 1. The molecule has 0 aliphatic carbocycles. The molecule has 1 aliphatic heterocycles. The van der Waals surface area contributed by atoms with Gasteiger partial charge in [-0.2, -0.15) is 4.98 Å². The molecule has 0 bridgehead atoms. The van der Waals surface area contributed by atoms with Crippen LogP contribution in [0.15, 0.2) is 11.1 Å². The number of ether oxygens (including phenoxy) is 1. The Kier molecular flexibility index (Phi) is 4.04. The molecule has 1 saturated heterocycles. The van der Waals surface area contributed by atoms with Crippen LogP contribution in [0.2, 0.25) is 0 Å². The topological polar surface area (TPSA) is 180 Å². The van der Waals surface area contributed by atoms with Gasteiger partial charge in [0.15, 0.2) is 11.2 Å². The van der Waals surface area contributed by atoms with Crippen molar-refractivity contribution >= 4 is 17.1 Å². The van der Waals surface area contributed by atoms with Crippen LogP contribution in [0.25, 0.3) is 11.2 Å². The highest BCUT2D eigenvalue weighted by Gasteiger charge is 2.39. The Bertz CT molecular complexity index is 760. The van der Waals surface area contributed by atoms with Crippen LogP contribution in [0.3, 0.4) is 0 Å². The molecule has 126 valence electrons. The molecule has 0 spiro atoms. The molecule has 0 aromatic carbocycles. The van der Waals surface area contributed by atoms with Crippen molar-refractivity contribution in [1.82, 2.24) is 19.5 Å². The predicted molar refractivity (Wildman–Crippen MR) is 76.2 cm³/mol. The molecule has 1 fully saturated rings. The van der Waals surface area contributed by atoms with Gasteiger partial charge in [-0.15, -0.1) is 0 Å². The van der Waals surface area contributed by atoms with E-state index in [4.69, 9.17) is 10.5 Å². The molecule has 0 saturated carbocycles. The lowest BCUT2D eigenvalue weighted by Gasteiger charge is -2.24. The number of nitrogens with two attached hydrogens (primary N) is 1. The summed E-state index contributed by atoms with van der Waals surface area (Å²) in [5.74, 6) is -0.0892. The summed E-state index contributed by atoms with van der Waals surface area (Å²) in [6.07, 6.45) is -5.19. The molecule has 2 aromatic heterocycles. The molecule has 0 amide bonds. The Morgan fingerprint density at radius 3 is 2.83 bits per heavy atom. The molecule has 11 heteroatoms. The number of aliphatic hydroxyl groups is 4. The minimum absolute atomic E-state index is 0.0685. The minimum atomic E-state index is -1.49. The molecule has 3 rings (SSSR count). The van der Waals surface area contributed by atoms with Crippen LogP contribution in [-0.2, 0) is 4.74 Å². The van der Waals surface area contributed by atoms with Gasteiger partial charge in [0.05, 0.1) is 19.0 Å². The number of H-pyrrole nitrogens is 1. The Hall–Kier alpha value is -2.05. The molecule has 5 atom stereocenters. The van der Waals surface area contributed by atoms with Crippen molar-refractivity contribution in [2.24, 2.45) is 0 Å². The Labute approximate surface area is 129 Å². The summed E-state index contributed by atoms with van der Waals surface area (Å²) in [5.41, 5.74) is 5.07. The van der Waals surface area contributed by atoms with Gasteiger partial charge in [-0.1, -0.05) is 0 Å². The predicted octanol–water partition coefficient (Wildman–Crippen LogP) is -2.94. The third-order valence-corrected chi connectivity index (χ3v) is 3.85. The van der Waals surface area contributed by atoms with E-state index in [1.807, 2.05) is 0 Å². The number of nitrogens with one attached hydrogen (secondary N) is 1. The van der Waals surface area contributed by atoms with Crippen molar-refractivity contribution in [3.05, 3.63) is 16.7 Å². The van der Waals surface area contributed by atoms with E-state index >= 15 is 0 Å². The van der Waals surface area contributed by atoms with Crippen LogP contribution < -0.4 is 11.3 Å². The van der Waals surface area contributed by atoms with E-state index < -0.39 is 42.8 Å². The lowest BCUT2D eigenvalue weighted by atomic mass is 10.0. The first-order chi connectivity index (χ1) is 10.9. The van der Waals surface area contributed by atoms with E-state index in [1.54, 1.807) is 0 Å². The zero-order chi connectivity index (χ0) is 16.7. The zero-order valence-corrected chi connectivity index (χ0v) is 11.9. The molecule has 2 aromatic rings. The van der Waals surface area contributed by atoms with Crippen LogP contribution in [-0.4, -0.2) is 71.0 Å². The fourth-order valence-electron chi connectivity index (χ4n) is 2.65. The number of nitrogen functional groups attached to an aromatic ring is 1. The Morgan fingerprint density at radius 2 is 2.13 bits per heavy atom. The number of aromatic nitrogens is 4. The highest BCUT2D eigenvalue weighted by atomic mass is 16.5. The average molecular weight is 327 g/mol. The van der Waals surface area contributed by atoms with E-state index in [2.05, 4.69) is 15.0 Å². The highest BCUT2D eigenvalue weighted by molar-refractivity contribution is 5.70. The number of imidazole rings is 1. The van der Waals surface area contributed by atoms with E-state index in [0.29, 0.717) is 0 Å². The fraction of sp³-hybridized carbons (Fsp3) is 0.583.